The lowest BCUT2D eigenvalue weighted by Crippen LogP contribution is -2.28. The number of allylic oxidation sites excluding steroid dienone is 8. The van der Waals surface area contributed by atoms with Crippen LogP contribution in [-0.2, 0) is 27.9 Å². The molecule has 334 valence electrons. The number of rotatable bonds is 45. The Morgan fingerprint density at radius 1 is 0.526 bits per heavy atom. The van der Waals surface area contributed by atoms with Crippen molar-refractivity contribution in [3.05, 3.63) is 48.6 Å². The second kappa shape index (κ2) is 45.5. The molecule has 0 saturated heterocycles. The molecule has 0 heterocycles. The molecule has 0 aromatic carbocycles. The summed E-state index contributed by atoms with van der Waals surface area (Å²) in [6.45, 7) is 4.86. The van der Waals surface area contributed by atoms with E-state index < -0.39 is 13.9 Å². The second-order valence-corrected chi connectivity index (χ2v) is 17.1. The van der Waals surface area contributed by atoms with Gasteiger partial charge in [0.05, 0.1) is 19.8 Å². The molecule has 0 rings (SSSR count). The summed E-state index contributed by atoms with van der Waals surface area (Å²) in [4.78, 5) is 22.5. The van der Waals surface area contributed by atoms with Crippen LogP contribution in [-0.4, -0.2) is 49.9 Å². The van der Waals surface area contributed by atoms with Crippen molar-refractivity contribution in [1.29, 1.82) is 0 Å². The fraction of sp³-hybridized carbons (Fsp3) is 0.812. The summed E-state index contributed by atoms with van der Waals surface area (Å²) in [5, 5.41) is 0. The molecule has 0 bridgehead atoms. The molecule has 0 aliphatic carbocycles. The van der Waals surface area contributed by atoms with Crippen LogP contribution >= 0.6 is 7.82 Å². The van der Waals surface area contributed by atoms with Crippen LogP contribution in [0.1, 0.15) is 213 Å². The smallest absolute Gasteiger partial charge is 0.457 e. The van der Waals surface area contributed by atoms with Gasteiger partial charge in [-0.1, -0.05) is 184 Å². The number of carbonyl (C=O) groups excluding carboxylic acids is 1. The number of nitrogens with two attached hydrogens (primary N) is 1. The van der Waals surface area contributed by atoms with Crippen molar-refractivity contribution in [3.8, 4) is 0 Å². The predicted octanol–water partition coefficient (Wildman–Crippen LogP) is 14.4. The monoisotopic (exact) mass is 824 g/mol. The summed E-state index contributed by atoms with van der Waals surface area (Å²) in [5.74, 6) is -0.344. The second-order valence-electron chi connectivity index (χ2n) is 15.6. The molecule has 0 aliphatic rings. The molecule has 2 atom stereocenters. The summed E-state index contributed by atoms with van der Waals surface area (Å²) in [7, 11) is -4.28. The molecular weight excluding hydrogens is 734 g/mol. The van der Waals surface area contributed by atoms with Gasteiger partial charge in [0.25, 0.3) is 0 Å². The summed E-state index contributed by atoms with van der Waals surface area (Å²) >= 11 is 0. The fourth-order valence-electron chi connectivity index (χ4n) is 6.46. The number of phosphoric ester groups is 1. The molecule has 57 heavy (non-hydrogen) atoms. The van der Waals surface area contributed by atoms with Gasteiger partial charge >= 0.3 is 13.8 Å². The number of unbranched alkanes of at least 4 members (excludes halogenated alkanes) is 24. The number of hydrogen-bond donors (Lipinski definition) is 2. The molecule has 0 aliphatic heterocycles. The van der Waals surface area contributed by atoms with Crippen LogP contribution in [0.3, 0.4) is 0 Å². The summed E-state index contributed by atoms with van der Waals surface area (Å²) < 4.78 is 33.5. The molecule has 0 saturated carbocycles. The molecular formula is C48H90NO7P. The number of esters is 1. The standard InChI is InChI=1S/C48H90NO7P/c1-3-5-7-9-11-13-15-17-19-20-21-22-23-24-25-26-27-28-30-32-34-36-38-40-43-53-45-47(46-55-57(51,52)54-44-42-49)56-48(50)41-39-37-35-33-31-29-18-16-14-12-10-8-6-4-2/h10,12,15-18,20-21,47H,3-9,11,13-14,19,22-46,49H2,1-2H3,(H,51,52)/b12-10-,17-15-,18-16-,21-20-. The fourth-order valence-corrected chi connectivity index (χ4v) is 7.22. The van der Waals surface area contributed by atoms with Crippen molar-refractivity contribution in [2.75, 3.05) is 33.0 Å². The van der Waals surface area contributed by atoms with E-state index in [4.69, 9.17) is 24.3 Å². The molecule has 0 fully saturated rings. The quantitative estimate of drug-likeness (QED) is 0.0270. The molecule has 9 heteroatoms. The van der Waals surface area contributed by atoms with Crippen LogP contribution in [0.2, 0.25) is 0 Å². The average Bonchev–Trinajstić information content (AvgIpc) is 3.20. The minimum Gasteiger partial charge on any atom is -0.457 e. The Morgan fingerprint density at radius 2 is 0.947 bits per heavy atom. The Labute approximate surface area is 351 Å². The number of carbonyl (C=O) groups is 1. The van der Waals surface area contributed by atoms with E-state index in [9.17, 15) is 14.3 Å². The van der Waals surface area contributed by atoms with E-state index in [1.807, 2.05) is 0 Å². The highest BCUT2D eigenvalue weighted by molar-refractivity contribution is 7.47. The summed E-state index contributed by atoms with van der Waals surface area (Å²) in [6.07, 6.45) is 54.2. The third kappa shape index (κ3) is 45.4. The molecule has 0 aromatic heterocycles. The van der Waals surface area contributed by atoms with Crippen LogP contribution in [0, 0.1) is 0 Å². The van der Waals surface area contributed by atoms with E-state index in [0.29, 0.717) is 13.0 Å². The maximum atomic E-state index is 12.6. The van der Waals surface area contributed by atoms with Gasteiger partial charge in [0.15, 0.2) is 0 Å². The molecule has 0 aromatic rings. The zero-order valence-electron chi connectivity index (χ0n) is 37.1. The molecule has 8 nitrogen and oxygen atoms in total. The Bertz CT molecular complexity index is 1010. The topological polar surface area (TPSA) is 117 Å². The normalized spacial score (nSPS) is 13.8. The highest BCUT2D eigenvalue weighted by Crippen LogP contribution is 2.43. The van der Waals surface area contributed by atoms with Gasteiger partial charge in [-0.3, -0.25) is 13.8 Å². The van der Waals surface area contributed by atoms with E-state index in [2.05, 4.69) is 62.5 Å². The van der Waals surface area contributed by atoms with E-state index in [1.54, 1.807) is 0 Å². The molecule has 2 unspecified atom stereocenters. The van der Waals surface area contributed by atoms with Gasteiger partial charge in [-0.15, -0.1) is 0 Å². The number of phosphoric acid groups is 1. The van der Waals surface area contributed by atoms with Gasteiger partial charge in [-0.25, -0.2) is 4.57 Å². The van der Waals surface area contributed by atoms with E-state index in [1.165, 1.54) is 128 Å². The number of ether oxygens (including phenoxy) is 2. The van der Waals surface area contributed by atoms with Crippen molar-refractivity contribution in [3.63, 3.8) is 0 Å². The van der Waals surface area contributed by atoms with Crippen LogP contribution < -0.4 is 5.73 Å². The average molecular weight is 824 g/mol. The van der Waals surface area contributed by atoms with Gasteiger partial charge in [0.2, 0.25) is 0 Å². The van der Waals surface area contributed by atoms with Crippen LogP contribution in [0.15, 0.2) is 48.6 Å². The van der Waals surface area contributed by atoms with Crippen molar-refractivity contribution < 1.29 is 32.8 Å². The van der Waals surface area contributed by atoms with Crippen molar-refractivity contribution >= 4 is 13.8 Å². The van der Waals surface area contributed by atoms with Gasteiger partial charge in [-0.2, -0.15) is 0 Å². The van der Waals surface area contributed by atoms with Crippen molar-refractivity contribution in [1.82, 2.24) is 0 Å². The van der Waals surface area contributed by atoms with Gasteiger partial charge in [-0.05, 0) is 70.6 Å². The van der Waals surface area contributed by atoms with Crippen LogP contribution in [0.5, 0.6) is 0 Å². The highest BCUT2D eigenvalue weighted by atomic mass is 31.2. The number of hydrogen-bond acceptors (Lipinski definition) is 7. The Kier molecular flexibility index (Phi) is 44.3. The van der Waals surface area contributed by atoms with Gasteiger partial charge < -0.3 is 20.1 Å². The zero-order valence-corrected chi connectivity index (χ0v) is 38.0. The summed E-state index contributed by atoms with van der Waals surface area (Å²) in [5.41, 5.74) is 5.37. The molecule has 3 N–H and O–H groups in total. The van der Waals surface area contributed by atoms with Crippen molar-refractivity contribution in [2.24, 2.45) is 5.73 Å². The van der Waals surface area contributed by atoms with Crippen molar-refractivity contribution in [2.45, 2.75) is 219 Å². The zero-order chi connectivity index (χ0) is 41.6. The Hall–Kier alpha value is -1.54. The minimum atomic E-state index is -4.28. The van der Waals surface area contributed by atoms with E-state index in [-0.39, 0.29) is 32.3 Å². The largest absolute Gasteiger partial charge is 0.472 e. The summed E-state index contributed by atoms with van der Waals surface area (Å²) in [6, 6.07) is 0. The lowest BCUT2D eigenvalue weighted by atomic mass is 10.0. The van der Waals surface area contributed by atoms with Gasteiger partial charge in [0, 0.05) is 19.6 Å². The SMILES string of the molecule is CCCC/C=C\C/C=C\CCCCCCCC(=O)OC(COCCCCCCCCCCCCCC/C=C\C/C=C\CCCCCCC)COP(=O)(O)OCCN. The first kappa shape index (κ1) is 55.5. The first-order chi connectivity index (χ1) is 27.9. The third-order valence-electron chi connectivity index (χ3n) is 9.97. The van der Waals surface area contributed by atoms with E-state index in [0.717, 1.165) is 64.2 Å². The lowest BCUT2D eigenvalue weighted by Gasteiger charge is -2.20. The van der Waals surface area contributed by atoms with Crippen LogP contribution in [0.25, 0.3) is 0 Å². The predicted molar refractivity (Wildman–Crippen MR) is 243 cm³/mol. The minimum absolute atomic E-state index is 0.0967. The maximum Gasteiger partial charge on any atom is 0.472 e. The molecule has 0 amide bonds. The van der Waals surface area contributed by atoms with Gasteiger partial charge in [0.1, 0.15) is 6.10 Å². The highest BCUT2D eigenvalue weighted by Gasteiger charge is 2.25. The van der Waals surface area contributed by atoms with Crippen LogP contribution in [0.4, 0.5) is 0 Å². The molecule has 0 radical (unpaired) electrons. The maximum absolute atomic E-state index is 12.6. The third-order valence-corrected chi connectivity index (χ3v) is 11.0. The first-order valence-electron chi connectivity index (χ1n) is 23.6. The first-order valence-corrected chi connectivity index (χ1v) is 25.1. The Balaban J connectivity index is 3.94. The molecule has 0 spiro atoms. The Morgan fingerprint density at radius 3 is 1.42 bits per heavy atom. The van der Waals surface area contributed by atoms with E-state index >= 15 is 0 Å². The lowest BCUT2D eigenvalue weighted by molar-refractivity contribution is -0.154.